The highest BCUT2D eigenvalue weighted by Gasteiger charge is 2.21. The van der Waals surface area contributed by atoms with E-state index < -0.39 is 5.56 Å². The van der Waals surface area contributed by atoms with Crippen molar-refractivity contribution in [3.8, 4) is 11.9 Å². The predicted octanol–water partition coefficient (Wildman–Crippen LogP) is 5.37. The lowest BCUT2D eigenvalue weighted by Crippen LogP contribution is -2.25. The van der Waals surface area contributed by atoms with Gasteiger partial charge in [0.1, 0.15) is 11.6 Å². The summed E-state index contributed by atoms with van der Waals surface area (Å²) in [5.74, 6) is -0.0321. The topological polar surface area (TPSA) is 90.7 Å². The SMILES string of the molecule is CCCCC(CC)Cn1c(O)c(C#N)c(C)c(N=Nc2ccccc2)c1=O. The highest BCUT2D eigenvalue weighted by molar-refractivity contribution is 5.56. The molecule has 1 aromatic carbocycles. The van der Waals surface area contributed by atoms with Crippen molar-refractivity contribution >= 4 is 11.4 Å². The number of hydrogen-bond donors (Lipinski definition) is 1. The standard InChI is InChI=1S/C21H26N4O2/c1-4-6-10-16(5-2)14-25-20(26)18(13-22)15(3)19(21(25)27)24-23-17-11-8-7-9-12-17/h7-9,11-12,16,26H,4-6,10,14H2,1-3H3. The Morgan fingerprint density at radius 3 is 2.52 bits per heavy atom. The summed E-state index contributed by atoms with van der Waals surface area (Å²) in [6.07, 6.45) is 3.99. The number of benzene rings is 1. The molecule has 1 atom stereocenters. The minimum absolute atomic E-state index is 0.0713. The van der Waals surface area contributed by atoms with Crippen molar-refractivity contribution < 1.29 is 5.11 Å². The Labute approximate surface area is 159 Å². The van der Waals surface area contributed by atoms with Gasteiger partial charge in [-0.05, 0) is 31.4 Å². The number of azo groups is 1. The Morgan fingerprint density at radius 2 is 1.93 bits per heavy atom. The summed E-state index contributed by atoms with van der Waals surface area (Å²) >= 11 is 0. The first-order valence-electron chi connectivity index (χ1n) is 9.36. The van der Waals surface area contributed by atoms with Crippen LogP contribution in [0.3, 0.4) is 0 Å². The average Bonchev–Trinajstić information content (AvgIpc) is 2.68. The lowest BCUT2D eigenvalue weighted by Gasteiger charge is -2.19. The Kier molecular flexibility index (Phi) is 7.30. The molecular formula is C21H26N4O2. The Hall–Kier alpha value is -2.94. The molecule has 1 unspecified atom stereocenters. The Bertz CT molecular complexity index is 895. The molecule has 142 valence electrons. The van der Waals surface area contributed by atoms with Crippen LogP contribution in [0.5, 0.6) is 5.88 Å². The monoisotopic (exact) mass is 366 g/mol. The smallest absolute Gasteiger partial charge is 0.281 e. The van der Waals surface area contributed by atoms with Crippen molar-refractivity contribution in [1.82, 2.24) is 4.57 Å². The maximum atomic E-state index is 13.0. The molecule has 1 aromatic heterocycles. The third kappa shape index (κ3) is 4.82. The largest absolute Gasteiger partial charge is 0.493 e. The molecule has 0 aliphatic carbocycles. The van der Waals surface area contributed by atoms with Crippen LogP contribution in [0, 0.1) is 24.2 Å². The Balaban J connectivity index is 2.50. The summed E-state index contributed by atoms with van der Waals surface area (Å²) in [6, 6.07) is 11.1. The van der Waals surface area contributed by atoms with E-state index in [0.717, 1.165) is 25.7 Å². The van der Waals surface area contributed by atoms with E-state index >= 15 is 0 Å². The van der Waals surface area contributed by atoms with Gasteiger partial charge >= 0.3 is 0 Å². The third-order valence-electron chi connectivity index (χ3n) is 4.77. The lowest BCUT2D eigenvalue weighted by molar-refractivity contribution is 0.339. The number of nitriles is 1. The van der Waals surface area contributed by atoms with Crippen molar-refractivity contribution in [2.75, 3.05) is 0 Å². The molecule has 1 heterocycles. The molecule has 0 radical (unpaired) electrons. The van der Waals surface area contributed by atoms with Crippen LogP contribution in [-0.2, 0) is 6.54 Å². The molecule has 0 aliphatic heterocycles. The van der Waals surface area contributed by atoms with E-state index in [1.807, 2.05) is 24.3 Å². The first-order chi connectivity index (χ1) is 13.0. The molecular weight excluding hydrogens is 340 g/mol. The van der Waals surface area contributed by atoms with Crippen LogP contribution in [-0.4, -0.2) is 9.67 Å². The number of aromatic nitrogens is 1. The molecule has 6 nitrogen and oxygen atoms in total. The van der Waals surface area contributed by atoms with Gasteiger partial charge in [0.2, 0.25) is 5.88 Å². The molecule has 0 saturated carbocycles. The molecule has 2 rings (SSSR count). The van der Waals surface area contributed by atoms with Crippen LogP contribution >= 0.6 is 0 Å². The molecule has 0 bridgehead atoms. The van der Waals surface area contributed by atoms with E-state index in [9.17, 15) is 15.2 Å². The van der Waals surface area contributed by atoms with E-state index in [-0.39, 0.29) is 23.0 Å². The predicted molar refractivity (Wildman–Crippen MR) is 106 cm³/mol. The van der Waals surface area contributed by atoms with Crippen LogP contribution in [0.2, 0.25) is 0 Å². The number of unbranched alkanes of at least 4 members (excludes halogenated alkanes) is 1. The summed E-state index contributed by atoms with van der Waals surface area (Å²) < 4.78 is 1.27. The average molecular weight is 366 g/mol. The molecule has 27 heavy (non-hydrogen) atoms. The van der Waals surface area contributed by atoms with Gasteiger partial charge in [-0.15, -0.1) is 5.11 Å². The molecule has 0 fully saturated rings. The minimum Gasteiger partial charge on any atom is -0.493 e. The number of nitrogens with zero attached hydrogens (tertiary/aromatic N) is 4. The molecule has 0 spiro atoms. The van der Waals surface area contributed by atoms with E-state index in [4.69, 9.17) is 0 Å². The number of rotatable bonds is 8. The number of aromatic hydroxyl groups is 1. The maximum Gasteiger partial charge on any atom is 0.281 e. The van der Waals surface area contributed by atoms with Gasteiger partial charge in [-0.3, -0.25) is 9.36 Å². The van der Waals surface area contributed by atoms with Gasteiger partial charge in [0, 0.05) is 12.1 Å². The summed E-state index contributed by atoms with van der Waals surface area (Å²) in [5.41, 5.74) is 0.709. The van der Waals surface area contributed by atoms with Crippen LogP contribution in [0.15, 0.2) is 45.4 Å². The first kappa shape index (κ1) is 20.4. The molecule has 2 aromatic rings. The minimum atomic E-state index is -0.418. The van der Waals surface area contributed by atoms with Crippen LogP contribution in [0.25, 0.3) is 0 Å². The maximum absolute atomic E-state index is 13.0. The highest BCUT2D eigenvalue weighted by atomic mass is 16.3. The third-order valence-corrected chi connectivity index (χ3v) is 4.77. The summed E-state index contributed by atoms with van der Waals surface area (Å²) in [6.45, 7) is 6.16. The van der Waals surface area contributed by atoms with Gasteiger partial charge in [0.15, 0.2) is 5.69 Å². The quantitative estimate of drug-likeness (QED) is 0.637. The van der Waals surface area contributed by atoms with E-state index in [0.29, 0.717) is 17.8 Å². The van der Waals surface area contributed by atoms with Crippen LogP contribution in [0.4, 0.5) is 11.4 Å². The second-order valence-electron chi connectivity index (χ2n) is 6.65. The molecule has 0 amide bonds. The van der Waals surface area contributed by atoms with Crippen molar-refractivity contribution in [3.63, 3.8) is 0 Å². The van der Waals surface area contributed by atoms with Crippen LogP contribution < -0.4 is 5.56 Å². The second-order valence-corrected chi connectivity index (χ2v) is 6.65. The molecule has 6 heteroatoms. The van der Waals surface area contributed by atoms with Gasteiger partial charge in [-0.1, -0.05) is 51.3 Å². The second kappa shape index (κ2) is 9.67. The van der Waals surface area contributed by atoms with Crippen molar-refractivity contribution in [3.05, 3.63) is 51.8 Å². The summed E-state index contributed by atoms with van der Waals surface area (Å²) in [4.78, 5) is 13.0. The van der Waals surface area contributed by atoms with Crippen molar-refractivity contribution in [2.45, 2.75) is 53.0 Å². The summed E-state index contributed by atoms with van der Waals surface area (Å²) in [7, 11) is 0. The fourth-order valence-corrected chi connectivity index (χ4v) is 3.00. The van der Waals surface area contributed by atoms with E-state index in [1.54, 1.807) is 19.1 Å². The number of hydrogen-bond acceptors (Lipinski definition) is 5. The lowest BCUT2D eigenvalue weighted by atomic mass is 9.99. The van der Waals surface area contributed by atoms with Gasteiger partial charge in [-0.25, -0.2) is 0 Å². The van der Waals surface area contributed by atoms with Crippen molar-refractivity contribution in [2.24, 2.45) is 16.1 Å². The zero-order valence-corrected chi connectivity index (χ0v) is 16.1. The molecule has 1 N–H and O–H groups in total. The fraction of sp³-hybridized carbons (Fsp3) is 0.429. The van der Waals surface area contributed by atoms with E-state index in [1.165, 1.54) is 4.57 Å². The van der Waals surface area contributed by atoms with E-state index in [2.05, 4.69) is 24.1 Å². The number of pyridine rings is 1. The molecule has 0 aliphatic rings. The summed E-state index contributed by atoms with van der Waals surface area (Å²) in [5, 5.41) is 28.2. The van der Waals surface area contributed by atoms with Crippen molar-refractivity contribution in [1.29, 1.82) is 5.26 Å². The normalized spacial score (nSPS) is 12.2. The van der Waals surface area contributed by atoms with Gasteiger partial charge in [-0.2, -0.15) is 10.4 Å². The molecule has 0 saturated heterocycles. The van der Waals surface area contributed by atoms with Gasteiger partial charge in [0.05, 0.1) is 5.69 Å². The zero-order chi connectivity index (χ0) is 19.8. The zero-order valence-electron chi connectivity index (χ0n) is 16.1. The van der Waals surface area contributed by atoms with Gasteiger partial charge in [0.25, 0.3) is 5.56 Å². The van der Waals surface area contributed by atoms with Gasteiger partial charge < -0.3 is 5.11 Å². The van der Waals surface area contributed by atoms with Crippen LogP contribution in [0.1, 0.15) is 50.7 Å². The first-order valence-corrected chi connectivity index (χ1v) is 9.36. The fourth-order valence-electron chi connectivity index (χ4n) is 3.00. The Morgan fingerprint density at radius 1 is 1.22 bits per heavy atom. The highest BCUT2D eigenvalue weighted by Crippen LogP contribution is 2.28.